The SMILES string of the molecule is CCN(CC)CCOc1ccc(NC(=O)[C@@H](N)C(C)(C)C)cc1. The van der Waals surface area contributed by atoms with Crippen molar-refractivity contribution in [2.45, 2.75) is 40.7 Å². The summed E-state index contributed by atoms with van der Waals surface area (Å²) in [5.41, 5.74) is 6.41. The normalized spacial score (nSPS) is 13.0. The highest BCUT2D eigenvalue weighted by atomic mass is 16.5. The van der Waals surface area contributed by atoms with Crippen molar-refractivity contribution in [1.82, 2.24) is 4.90 Å². The van der Waals surface area contributed by atoms with Gasteiger partial charge >= 0.3 is 0 Å². The van der Waals surface area contributed by atoms with Crippen LogP contribution in [-0.4, -0.2) is 43.1 Å². The second kappa shape index (κ2) is 8.89. The van der Waals surface area contributed by atoms with Crippen molar-refractivity contribution in [2.75, 3.05) is 31.6 Å². The van der Waals surface area contributed by atoms with Crippen molar-refractivity contribution in [3.63, 3.8) is 0 Å². The zero-order chi connectivity index (χ0) is 17.5. The van der Waals surface area contributed by atoms with Gasteiger partial charge in [0.1, 0.15) is 12.4 Å². The van der Waals surface area contributed by atoms with Crippen molar-refractivity contribution in [1.29, 1.82) is 0 Å². The molecule has 0 aromatic heterocycles. The summed E-state index contributed by atoms with van der Waals surface area (Å²) in [6.45, 7) is 13.7. The van der Waals surface area contributed by atoms with Crippen LogP contribution >= 0.6 is 0 Å². The van der Waals surface area contributed by atoms with Crippen LogP contribution in [0.3, 0.4) is 0 Å². The summed E-state index contributed by atoms with van der Waals surface area (Å²) in [5.74, 6) is 0.628. The lowest BCUT2D eigenvalue weighted by Crippen LogP contribution is -2.45. The van der Waals surface area contributed by atoms with Crippen LogP contribution in [0.1, 0.15) is 34.6 Å². The number of nitrogens with zero attached hydrogens (tertiary/aromatic N) is 1. The minimum absolute atomic E-state index is 0.173. The highest BCUT2D eigenvalue weighted by Crippen LogP contribution is 2.20. The summed E-state index contributed by atoms with van der Waals surface area (Å²) in [5, 5.41) is 2.84. The molecule has 0 aliphatic carbocycles. The molecule has 0 bridgehead atoms. The molecule has 0 fully saturated rings. The zero-order valence-electron chi connectivity index (χ0n) is 15.1. The molecule has 0 saturated heterocycles. The van der Waals surface area contributed by atoms with Gasteiger partial charge in [0.25, 0.3) is 0 Å². The number of carbonyl (C=O) groups is 1. The summed E-state index contributed by atoms with van der Waals surface area (Å²) in [6.07, 6.45) is 0. The molecule has 5 heteroatoms. The Balaban J connectivity index is 2.49. The largest absolute Gasteiger partial charge is 0.492 e. The molecule has 1 aromatic rings. The van der Waals surface area contributed by atoms with E-state index in [1.54, 1.807) is 0 Å². The topological polar surface area (TPSA) is 67.6 Å². The second-order valence-electron chi connectivity index (χ2n) is 6.73. The molecule has 0 saturated carbocycles. The minimum atomic E-state index is -0.549. The second-order valence-corrected chi connectivity index (χ2v) is 6.73. The molecule has 1 rings (SSSR count). The van der Waals surface area contributed by atoms with Gasteiger partial charge in [-0.15, -0.1) is 0 Å². The van der Waals surface area contributed by atoms with Crippen LogP contribution in [0, 0.1) is 5.41 Å². The maximum atomic E-state index is 12.1. The predicted molar refractivity (Wildman–Crippen MR) is 95.8 cm³/mol. The van der Waals surface area contributed by atoms with E-state index in [0.29, 0.717) is 6.61 Å². The first-order valence-electron chi connectivity index (χ1n) is 8.29. The highest BCUT2D eigenvalue weighted by Gasteiger charge is 2.27. The van der Waals surface area contributed by atoms with Gasteiger partial charge in [0.05, 0.1) is 6.04 Å². The number of carbonyl (C=O) groups excluding carboxylic acids is 1. The Hall–Kier alpha value is -1.59. The first-order valence-corrected chi connectivity index (χ1v) is 8.29. The van der Waals surface area contributed by atoms with Gasteiger partial charge in [-0.3, -0.25) is 4.79 Å². The molecule has 0 heterocycles. The van der Waals surface area contributed by atoms with Crippen LogP contribution in [-0.2, 0) is 4.79 Å². The van der Waals surface area contributed by atoms with E-state index in [0.717, 1.165) is 31.1 Å². The van der Waals surface area contributed by atoms with E-state index in [1.165, 1.54) is 0 Å². The number of nitrogens with one attached hydrogen (secondary N) is 1. The van der Waals surface area contributed by atoms with E-state index in [-0.39, 0.29) is 11.3 Å². The molecule has 0 aliphatic heterocycles. The molecule has 23 heavy (non-hydrogen) atoms. The molecule has 0 radical (unpaired) electrons. The monoisotopic (exact) mass is 321 g/mol. The summed E-state index contributed by atoms with van der Waals surface area (Å²) >= 11 is 0. The Bertz CT molecular complexity index is 476. The third-order valence-corrected chi connectivity index (χ3v) is 3.91. The van der Waals surface area contributed by atoms with Gasteiger partial charge in [-0.05, 0) is 42.8 Å². The summed E-state index contributed by atoms with van der Waals surface area (Å²) in [7, 11) is 0. The van der Waals surface area contributed by atoms with Crippen LogP contribution in [0.25, 0.3) is 0 Å². The number of hydrogen-bond donors (Lipinski definition) is 2. The summed E-state index contributed by atoms with van der Waals surface area (Å²) < 4.78 is 5.72. The number of likely N-dealkylation sites (N-methyl/N-ethyl adjacent to an activating group) is 1. The molecular weight excluding hydrogens is 290 g/mol. The average molecular weight is 321 g/mol. The van der Waals surface area contributed by atoms with Crippen molar-refractivity contribution in [2.24, 2.45) is 11.1 Å². The molecule has 1 aromatic carbocycles. The van der Waals surface area contributed by atoms with Crippen molar-refractivity contribution < 1.29 is 9.53 Å². The van der Waals surface area contributed by atoms with Crippen molar-refractivity contribution in [3.8, 4) is 5.75 Å². The van der Waals surface area contributed by atoms with E-state index in [2.05, 4.69) is 24.1 Å². The fourth-order valence-corrected chi connectivity index (χ4v) is 2.08. The van der Waals surface area contributed by atoms with Crippen LogP contribution < -0.4 is 15.8 Å². The maximum absolute atomic E-state index is 12.1. The molecule has 0 aliphatic rings. The van der Waals surface area contributed by atoms with Gasteiger partial charge in [0, 0.05) is 12.2 Å². The van der Waals surface area contributed by atoms with E-state index >= 15 is 0 Å². The number of anilines is 1. The number of ether oxygens (including phenoxy) is 1. The van der Waals surface area contributed by atoms with Crippen LogP contribution in [0.2, 0.25) is 0 Å². The van der Waals surface area contributed by atoms with Gasteiger partial charge in [-0.2, -0.15) is 0 Å². The van der Waals surface area contributed by atoms with E-state index < -0.39 is 6.04 Å². The fraction of sp³-hybridized carbons (Fsp3) is 0.611. The first kappa shape index (κ1) is 19.5. The lowest BCUT2D eigenvalue weighted by atomic mass is 9.87. The Labute approximate surface area is 140 Å². The Morgan fingerprint density at radius 1 is 1.22 bits per heavy atom. The van der Waals surface area contributed by atoms with Gasteiger partial charge in [0.15, 0.2) is 0 Å². The lowest BCUT2D eigenvalue weighted by Gasteiger charge is -2.25. The Morgan fingerprint density at radius 2 is 1.78 bits per heavy atom. The molecule has 0 unspecified atom stereocenters. The van der Waals surface area contributed by atoms with Crippen LogP contribution in [0.5, 0.6) is 5.75 Å². The number of rotatable bonds is 8. The molecule has 0 spiro atoms. The van der Waals surface area contributed by atoms with Crippen LogP contribution in [0.15, 0.2) is 24.3 Å². The molecule has 130 valence electrons. The first-order chi connectivity index (χ1) is 10.8. The van der Waals surface area contributed by atoms with Gasteiger partial charge in [-0.1, -0.05) is 34.6 Å². The molecule has 3 N–H and O–H groups in total. The molecule has 1 atom stereocenters. The van der Waals surface area contributed by atoms with Gasteiger partial charge in [0.2, 0.25) is 5.91 Å². The van der Waals surface area contributed by atoms with E-state index in [9.17, 15) is 4.79 Å². The third kappa shape index (κ3) is 6.59. The number of nitrogens with two attached hydrogens (primary N) is 1. The third-order valence-electron chi connectivity index (χ3n) is 3.91. The number of benzene rings is 1. The Kier molecular flexibility index (Phi) is 7.52. The molecule has 5 nitrogen and oxygen atoms in total. The number of hydrogen-bond acceptors (Lipinski definition) is 4. The lowest BCUT2D eigenvalue weighted by molar-refractivity contribution is -0.119. The van der Waals surface area contributed by atoms with Crippen molar-refractivity contribution >= 4 is 11.6 Å². The minimum Gasteiger partial charge on any atom is -0.492 e. The maximum Gasteiger partial charge on any atom is 0.241 e. The Morgan fingerprint density at radius 3 is 2.26 bits per heavy atom. The quantitative estimate of drug-likeness (QED) is 0.772. The predicted octanol–water partition coefficient (Wildman–Crippen LogP) is 2.72. The zero-order valence-corrected chi connectivity index (χ0v) is 15.1. The molecule has 1 amide bonds. The standard InChI is InChI=1S/C18H31N3O2/c1-6-21(7-2)12-13-23-15-10-8-14(9-11-15)20-17(22)16(19)18(3,4)5/h8-11,16H,6-7,12-13,19H2,1-5H3,(H,20,22)/t16-/m1/s1. The average Bonchev–Trinajstić information content (AvgIpc) is 2.51. The van der Waals surface area contributed by atoms with Gasteiger partial charge in [-0.25, -0.2) is 0 Å². The van der Waals surface area contributed by atoms with E-state index in [1.807, 2.05) is 45.0 Å². The smallest absolute Gasteiger partial charge is 0.241 e. The number of amides is 1. The van der Waals surface area contributed by atoms with Crippen molar-refractivity contribution in [3.05, 3.63) is 24.3 Å². The van der Waals surface area contributed by atoms with E-state index in [4.69, 9.17) is 10.5 Å². The summed E-state index contributed by atoms with van der Waals surface area (Å²) in [6, 6.07) is 6.84. The summed E-state index contributed by atoms with van der Waals surface area (Å²) in [4.78, 5) is 14.4. The molecular formula is C18H31N3O2. The van der Waals surface area contributed by atoms with Gasteiger partial charge < -0.3 is 20.7 Å². The highest BCUT2D eigenvalue weighted by molar-refractivity contribution is 5.95. The van der Waals surface area contributed by atoms with Crippen LogP contribution in [0.4, 0.5) is 5.69 Å². The fourth-order valence-electron chi connectivity index (χ4n) is 2.08.